The van der Waals surface area contributed by atoms with Crippen molar-refractivity contribution in [3.05, 3.63) is 77.6 Å². The maximum atomic E-state index is 12.5. The zero-order valence-corrected chi connectivity index (χ0v) is 19.8. The Bertz CT molecular complexity index is 1570. The third-order valence-electron chi connectivity index (χ3n) is 5.54. The third-order valence-corrected chi connectivity index (χ3v) is 6.48. The lowest BCUT2D eigenvalue weighted by molar-refractivity contribution is -0.113. The molecule has 170 valence electrons. The lowest BCUT2D eigenvalue weighted by atomic mass is 10.0. The van der Waals surface area contributed by atoms with Crippen LogP contribution in [0.15, 0.2) is 66.1 Å². The number of aromatic nitrogens is 5. The van der Waals surface area contributed by atoms with E-state index in [-0.39, 0.29) is 17.4 Å². The standard InChI is InChI=1S/C25H22N6O2S/c1-15-7-8-16(2)20(11-15)21-13-22-24-27-28-25(30(24)9-10-31(22)29-21)34-14-23(33)26-19-6-4-5-18(12-19)17(3)32/h4-13H,14H2,1-3H3,(H,26,33). The Morgan fingerprint density at radius 2 is 1.88 bits per heavy atom. The molecule has 1 amide bonds. The zero-order chi connectivity index (χ0) is 23.8. The number of nitrogens with zero attached hydrogens (tertiary/aromatic N) is 5. The Balaban J connectivity index is 1.37. The highest BCUT2D eigenvalue weighted by atomic mass is 32.2. The maximum absolute atomic E-state index is 12.5. The van der Waals surface area contributed by atoms with Gasteiger partial charge in [-0.25, -0.2) is 4.52 Å². The van der Waals surface area contributed by atoms with Crippen LogP contribution in [0.1, 0.15) is 28.4 Å². The molecule has 3 heterocycles. The molecule has 5 aromatic rings. The summed E-state index contributed by atoms with van der Waals surface area (Å²) in [5.74, 6) is -0.0825. The van der Waals surface area contributed by atoms with E-state index in [1.54, 1.807) is 28.8 Å². The molecule has 0 fully saturated rings. The quantitative estimate of drug-likeness (QED) is 0.288. The molecule has 0 aliphatic rings. The molecule has 0 atom stereocenters. The lowest BCUT2D eigenvalue weighted by Crippen LogP contribution is -2.14. The normalized spacial score (nSPS) is 11.3. The molecule has 0 aliphatic carbocycles. The van der Waals surface area contributed by atoms with E-state index in [1.165, 1.54) is 24.2 Å². The monoisotopic (exact) mass is 470 g/mol. The van der Waals surface area contributed by atoms with E-state index in [2.05, 4.69) is 47.6 Å². The van der Waals surface area contributed by atoms with Gasteiger partial charge < -0.3 is 5.32 Å². The lowest BCUT2D eigenvalue weighted by Gasteiger charge is -2.06. The summed E-state index contributed by atoms with van der Waals surface area (Å²) < 4.78 is 3.66. The number of hydrogen-bond donors (Lipinski definition) is 1. The smallest absolute Gasteiger partial charge is 0.234 e. The minimum absolute atomic E-state index is 0.0488. The summed E-state index contributed by atoms with van der Waals surface area (Å²) in [5.41, 5.74) is 6.94. The minimum atomic E-state index is -0.190. The number of nitrogens with one attached hydrogen (secondary N) is 1. The number of rotatable bonds is 6. The van der Waals surface area contributed by atoms with Gasteiger partial charge in [0.1, 0.15) is 5.52 Å². The summed E-state index contributed by atoms with van der Waals surface area (Å²) in [4.78, 5) is 24.0. The van der Waals surface area contributed by atoms with Crippen LogP contribution in [0.3, 0.4) is 0 Å². The first-order valence-electron chi connectivity index (χ1n) is 10.7. The number of benzene rings is 2. The number of Topliss-reactive ketones (excluding diaryl/α,β-unsaturated/α-hetero) is 1. The number of thioether (sulfide) groups is 1. The van der Waals surface area contributed by atoms with Gasteiger partial charge in [-0.2, -0.15) is 5.10 Å². The summed E-state index contributed by atoms with van der Waals surface area (Å²) in [5, 5.41) is 16.8. The van der Waals surface area contributed by atoms with Crippen LogP contribution in [-0.4, -0.2) is 41.7 Å². The van der Waals surface area contributed by atoms with E-state index >= 15 is 0 Å². The third kappa shape index (κ3) is 4.17. The second-order valence-electron chi connectivity index (χ2n) is 8.13. The Labute approximate surface area is 200 Å². The Hall–Kier alpha value is -3.98. The molecule has 8 nitrogen and oxygen atoms in total. The van der Waals surface area contributed by atoms with Gasteiger partial charge in [0.2, 0.25) is 5.91 Å². The van der Waals surface area contributed by atoms with Gasteiger partial charge >= 0.3 is 0 Å². The summed E-state index contributed by atoms with van der Waals surface area (Å²) in [6, 6.07) is 15.2. The van der Waals surface area contributed by atoms with Crippen molar-refractivity contribution >= 4 is 40.3 Å². The molecular formula is C25H22N6O2S. The molecular weight excluding hydrogens is 448 g/mol. The molecule has 0 bridgehead atoms. The number of amides is 1. The van der Waals surface area contributed by atoms with Crippen molar-refractivity contribution in [2.45, 2.75) is 25.9 Å². The van der Waals surface area contributed by atoms with Gasteiger partial charge in [-0.15, -0.1) is 10.2 Å². The first kappa shape index (κ1) is 21.8. The SMILES string of the molecule is CC(=O)c1cccc(NC(=O)CSc2nnc3c4cc(-c5cc(C)ccc5C)nn4ccn23)c1. The number of fused-ring (bicyclic) bond motifs is 3. The van der Waals surface area contributed by atoms with E-state index in [0.717, 1.165) is 22.3 Å². The van der Waals surface area contributed by atoms with Crippen LogP contribution in [0.5, 0.6) is 0 Å². The fraction of sp³-hybridized carbons (Fsp3) is 0.160. The number of hydrogen-bond acceptors (Lipinski definition) is 6. The van der Waals surface area contributed by atoms with Crippen molar-refractivity contribution in [1.82, 2.24) is 24.2 Å². The molecule has 0 saturated carbocycles. The predicted octanol–water partition coefficient (Wildman–Crippen LogP) is 4.59. The molecule has 0 unspecified atom stereocenters. The molecule has 9 heteroatoms. The first-order chi connectivity index (χ1) is 16.4. The number of ketones is 1. The van der Waals surface area contributed by atoms with Crippen LogP contribution in [0.4, 0.5) is 5.69 Å². The van der Waals surface area contributed by atoms with Gasteiger partial charge in [-0.3, -0.25) is 14.0 Å². The molecule has 0 aliphatic heterocycles. The molecule has 0 spiro atoms. The fourth-order valence-corrected chi connectivity index (χ4v) is 4.49. The van der Waals surface area contributed by atoms with Gasteiger partial charge in [-0.05, 0) is 50.6 Å². The van der Waals surface area contributed by atoms with Gasteiger partial charge in [-0.1, -0.05) is 41.6 Å². The van der Waals surface area contributed by atoms with Crippen molar-refractivity contribution in [3.63, 3.8) is 0 Å². The van der Waals surface area contributed by atoms with Crippen LogP contribution in [0.25, 0.3) is 22.4 Å². The van der Waals surface area contributed by atoms with Gasteiger partial charge in [0.15, 0.2) is 16.6 Å². The van der Waals surface area contributed by atoms with Crippen molar-refractivity contribution in [3.8, 4) is 11.3 Å². The van der Waals surface area contributed by atoms with Crippen LogP contribution in [0, 0.1) is 13.8 Å². The average Bonchev–Trinajstić information content (AvgIpc) is 3.43. The Morgan fingerprint density at radius 3 is 2.71 bits per heavy atom. The van der Waals surface area contributed by atoms with Crippen molar-refractivity contribution in [1.29, 1.82) is 0 Å². The van der Waals surface area contributed by atoms with Crippen molar-refractivity contribution in [2.24, 2.45) is 0 Å². The van der Waals surface area contributed by atoms with E-state index in [1.807, 2.05) is 22.9 Å². The van der Waals surface area contributed by atoms with Crippen LogP contribution >= 0.6 is 11.8 Å². The largest absolute Gasteiger partial charge is 0.325 e. The number of anilines is 1. The van der Waals surface area contributed by atoms with Crippen LogP contribution in [0.2, 0.25) is 0 Å². The van der Waals surface area contributed by atoms with Gasteiger partial charge in [0.05, 0.1) is 11.4 Å². The van der Waals surface area contributed by atoms with E-state index in [4.69, 9.17) is 5.10 Å². The molecule has 5 rings (SSSR count). The molecule has 0 radical (unpaired) electrons. The fourth-order valence-electron chi connectivity index (χ4n) is 3.78. The van der Waals surface area contributed by atoms with Crippen LogP contribution < -0.4 is 5.32 Å². The average molecular weight is 471 g/mol. The highest BCUT2D eigenvalue weighted by Crippen LogP contribution is 2.27. The van der Waals surface area contributed by atoms with Crippen molar-refractivity contribution in [2.75, 3.05) is 11.1 Å². The van der Waals surface area contributed by atoms with E-state index in [9.17, 15) is 9.59 Å². The second kappa shape index (κ2) is 8.75. The zero-order valence-electron chi connectivity index (χ0n) is 18.9. The predicted molar refractivity (Wildman–Crippen MR) is 132 cm³/mol. The second-order valence-corrected chi connectivity index (χ2v) is 9.07. The minimum Gasteiger partial charge on any atom is -0.325 e. The maximum Gasteiger partial charge on any atom is 0.234 e. The first-order valence-corrected chi connectivity index (χ1v) is 11.7. The van der Waals surface area contributed by atoms with Crippen molar-refractivity contribution < 1.29 is 9.59 Å². The Kier molecular flexibility index (Phi) is 5.62. The molecule has 34 heavy (non-hydrogen) atoms. The topological polar surface area (TPSA) is 93.7 Å². The summed E-state index contributed by atoms with van der Waals surface area (Å²) in [7, 11) is 0. The number of aryl methyl sites for hydroxylation is 2. The van der Waals surface area contributed by atoms with Gasteiger partial charge in [0.25, 0.3) is 0 Å². The number of carbonyl (C=O) groups excluding carboxylic acids is 2. The van der Waals surface area contributed by atoms with Gasteiger partial charge in [0, 0.05) is 29.2 Å². The molecule has 3 aromatic heterocycles. The van der Waals surface area contributed by atoms with E-state index in [0.29, 0.717) is 22.1 Å². The molecule has 1 N–H and O–H groups in total. The van der Waals surface area contributed by atoms with E-state index < -0.39 is 0 Å². The highest BCUT2D eigenvalue weighted by Gasteiger charge is 2.15. The highest BCUT2D eigenvalue weighted by molar-refractivity contribution is 7.99. The molecule has 2 aromatic carbocycles. The number of carbonyl (C=O) groups is 2. The summed E-state index contributed by atoms with van der Waals surface area (Å²) in [6.45, 7) is 5.63. The summed E-state index contributed by atoms with van der Waals surface area (Å²) in [6.07, 6.45) is 3.70. The Morgan fingerprint density at radius 1 is 1.03 bits per heavy atom. The summed E-state index contributed by atoms with van der Waals surface area (Å²) >= 11 is 1.29. The molecule has 0 saturated heterocycles. The van der Waals surface area contributed by atoms with Crippen LogP contribution in [-0.2, 0) is 4.79 Å².